The second-order valence-corrected chi connectivity index (χ2v) is 11.1. The van der Waals surface area contributed by atoms with E-state index in [1.54, 1.807) is 0 Å². The molecule has 0 bridgehead atoms. The molecule has 6 heteroatoms. The zero-order valence-electron chi connectivity index (χ0n) is 19.8. The van der Waals surface area contributed by atoms with Gasteiger partial charge in [-0.15, -0.1) is 0 Å². The van der Waals surface area contributed by atoms with Crippen molar-refractivity contribution >= 4 is 11.9 Å². The molecule has 174 valence electrons. The number of rotatable bonds is 2. The predicted molar refractivity (Wildman–Crippen MR) is 117 cm³/mol. The van der Waals surface area contributed by atoms with Gasteiger partial charge in [-0.25, -0.2) is 4.79 Å². The molecule has 6 atom stereocenters. The lowest BCUT2D eigenvalue weighted by Gasteiger charge is -2.52. The highest BCUT2D eigenvalue weighted by atomic mass is 16.6. The van der Waals surface area contributed by atoms with E-state index < -0.39 is 0 Å². The molecule has 0 saturated heterocycles. The third-order valence-corrected chi connectivity index (χ3v) is 8.10. The molecule has 3 rings (SSSR count). The average Bonchev–Trinajstić information content (AvgIpc) is 2.97. The van der Waals surface area contributed by atoms with Crippen LogP contribution in [0.2, 0.25) is 0 Å². The van der Waals surface area contributed by atoms with Crippen molar-refractivity contribution in [2.24, 2.45) is 28.6 Å². The van der Waals surface area contributed by atoms with E-state index in [-0.39, 0.29) is 41.2 Å². The fourth-order valence-electron chi connectivity index (χ4n) is 5.94. The SMILES string of the molecule is CC12CCC(C3(C)CCC(O)CC3CO)CC1CCC2=O.CNC(=O)OC(C)(C)C. The first-order chi connectivity index (χ1) is 13.9. The van der Waals surface area contributed by atoms with Crippen LogP contribution >= 0.6 is 0 Å². The van der Waals surface area contributed by atoms with Crippen LogP contribution in [0.5, 0.6) is 0 Å². The molecule has 3 N–H and O–H groups in total. The summed E-state index contributed by atoms with van der Waals surface area (Å²) in [6, 6.07) is 0. The van der Waals surface area contributed by atoms with Crippen molar-refractivity contribution in [1.29, 1.82) is 0 Å². The van der Waals surface area contributed by atoms with Crippen LogP contribution in [0.1, 0.15) is 86.0 Å². The van der Waals surface area contributed by atoms with E-state index in [0.29, 0.717) is 17.6 Å². The Kier molecular flexibility index (Phi) is 8.00. The van der Waals surface area contributed by atoms with Gasteiger partial charge in [0.15, 0.2) is 0 Å². The van der Waals surface area contributed by atoms with Gasteiger partial charge in [-0.2, -0.15) is 0 Å². The number of ketones is 1. The number of amides is 1. The Labute approximate surface area is 182 Å². The van der Waals surface area contributed by atoms with Crippen molar-refractivity contribution in [2.45, 2.75) is 97.7 Å². The summed E-state index contributed by atoms with van der Waals surface area (Å²) in [5, 5.41) is 22.1. The molecule has 0 radical (unpaired) electrons. The van der Waals surface area contributed by atoms with Crippen LogP contribution in [0.25, 0.3) is 0 Å². The molecule has 0 aromatic rings. The monoisotopic (exact) mass is 425 g/mol. The number of alkyl carbamates (subject to hydrolysis) is 1. The maximum Gasteiger partial charge on any atom is 0.407 e. The first kappa shape index (κ1) is 25.1. The highest BCUT2D eigenvalue weighted by Crippen LogP contribution is 2.58. The minimum Gasteiger partial charge on any atom is -0.444 e. The molecule has 30 heavy (non-hydrogen) atoms. The summed E-state index contributed by atoms with van der Waals surface area (Å²) >= 11 is 0. The van der Waals surface area contributed by atoms with Gasteiger partial charge in [0.05, 0.1) is 6.10 Å². The van der Waals surface area contributed by atoms with Gasteiger partial charge in [-0.1, -0.05) is 13.8 Å². The van der Waals surface area contributed by atoms with Crippen molar-refractivity contribution < 1.29 is 24.5 Å². The number of aliphatic hydroxyl groups is 2. The number of nitrogens with one attached hydrogen (secondary N) is 1. The number of carbonyl (C=O) groups excluding carboxylic acids is 2. The lowest BCUT2D eigenvalue weighted by Crippen LogP contribution is -2.47. The Bertz CT molecular complexity index is 615. The number of ether oxygens (including phenoxy) is 1. The molecule has 0 aromatic heterocycles. The molecule has 6 nitrogen and oxygen atoms in total. The largest absolute Gasteiger partial charge is 0.444 e. The smallest absolute Gasteiger partial charge is 0.407 e. The molecule has 3 fully saturated rings. The minimum atomic E-state index is -0.389. The van der Waals surface area contributed by atoms with Crippen LogP contribution in [0, 0.1) is 28.6 Å². The van der Waals surface area contributed by atoms with E-state index in [9.17, 15) is 19.8 Å². The molecule has 0 spiro atoms. The van der Waals surface area contributed by atoms with Crippen LogP contribution in [-0.2, 0) is 9.53 Å². The minimum absolute atomic E-state index is 0.0598. The topological polar surface area (TPSA) is 95.9 Å². The quantitative estimate of drug-likeness (QED) is 0.620. The molecule has 0 heterocycles. The number of hydrogen-bond acceptors (Lipinski definition) is 5. The summed E-state index contributed by atoms with van der Waals surface area (Å²) in [4.78, 5) is 22.7. The lowest BCUT2D eigenvalue weighted by atomic mass is 9.53. The Hall–Kier alpha value is -1.14. The molecule has 1 amide bonds. The summed E-state index contributed by atoms with van der Waals surface area (Å²) in [5.41, 5.74) is -0.309. The van der Waals surface area contributed by atoms with Gasteiger partial charge in [-0.3, -0.25) is 4.79 Å². The van der Waals surface area contributed by atoms with Gasteiger partial charge in [0, 0.05) is 25.5 Å². The van der Waals surface area contributed by atoms with Crippen LogP contribution in [0.3, 0.4) is 0 Å². The lowest BCUT2D eigenvalue weighted by molar-refractivity contribution is -0.130. The standard InChI is InChI=1S/C18H30O3.C6H13NO2/c1-17(8-6-15(20)10-14(17)11-19)13-5-7-18(2)12(9-13)3-4-16(18)21;1-6(2,3)9-5(8)7-4/h12-15,19-20H,3-11H2,1-2H3;1-4H3,(H,7,8). The fourth-order valence-corrected chi connectivity index (χ4v) is 5.94. The summed E-state index contributed by atoms with van der Waals surface area (Å²) in [6.07, 6.45) is 7.11. The van der Waals surface area contributed by atoms with Crippen molar-refractivity contribution in [3.8, 4) is 0 Å². The molecule has 0 aliphatic heterocycles. The van der Waals surface area contributed by atoms with Crippen molar-refractivity contribution in [3.05, 3.63) is 0 Å². The van der Waals surface area contributed by atoms with Crippen LogP contribution in [0.4, 0.5) is 4.79 Å². The van der Waals surface area contributed by atoms with Crippen molar-refractivity contribution in [1.82, 2.24) is 5.32 Å². The average molecular weight is 426 g/mol. The van der Waals surface area contributed by atoms with E-state index in [1.165, 1.54) is 7.05 Å². The van der Waals surface area contributed by atoms with E-state index in [0.717, 1.165) is 51.4 Å². The van der Waals surface area contributed by atoms with Gasteiger partial charge < -0.3 is 20.3 Å². The Balaban J connectivity index is 0.000000303. The van der Waals surface area contributed by atoms with Crippen LogP contribution in [-0.4, -0.2) is 47.4 Å². The number of aliphatic hydroxyl groups excluding tert-OH is 2. The summed E-state index contributed by atoms with van der Waals surface area (Å²) < 4.78 is 4.84. The summed E-state index contributed by atoms with van der Waals surface area (Å²) in [6.45, 7) is 10.2. The maximum absolute atomic E-state index is 12.2. The van der Waals surface area contributed by atoms with Crippen molar-refractivity contribution in [2.75, 3.05) is 13.7 Å². The number of carbonyl (C=O) groups is 2. The molecule has 6 unspecified atom stereocenters. The zero-order valence-corrected chi connectivity index (χ0v) is 19.8. The number of fused-ring (bicyclic) bond motifs is 1. The highest BCUT2D eigenvalue weighted by molar-refractivity contribution is 5.87. The van der Waals surface area contributed by atoms with Crippen molar-refractivity contribution in [3.63, 3.8) is 0 Å². The first-order valence-electron chi connectivity index (χ1n) is 11.6. The van der Waals surface area contributed by atoms with Gasteiger partial charge in [0.1, 0.15) is 11.4 Å². The second kappa shape index (κ2) is 9.56. The molecule has 3 aliphatic rings. The number of Topliss-reactive ketones (excluding diaryl/α,β-unsaturated/α-hetero) is 1. The normalized spacial score (nSPS) is 38.9. The Morgan fingerprint density at radius 1 is 1.13 bits per heavy atom. The van der Waals surface area contributed by atoms with Gasteiger partial charge >= 0.3 is 6.09 Å². The number of hydrogen-bond donors (Lipinski definition) is 3. The predicted octanol–water partition coefficient (Wildman–Crippen LogP) is 4.07. The molecule has 0 aromatic carbocycles. The molecular weight excluding hydrogens is 382 g/mol. The summed E-state index contributed by atoms with van der Waals surface area (Å²) in [5.74, 6) is 1.85. The van der Waals surface area contributed by atoms with E-state index in [4.69, 9.17) is 4.74 Å². The Morgan fingerprint density at radius 3 is 2.33 bits per heavy atom. The van der Waals surface area contributed by atoms with Gasteiger partial charge in [-0.05, 0) is 88.9 Å². The van der Waals surface area contributed by atoms with Gasteiger partial charge in [0.25, 0.3) is 0 Å². The van der Waals surface area contributed by atoms with E-state index >= 15 is 0 Å². The molecule has 3 saturated carbocycles. The molecular formula is C24H43NO5. The summed E-state index contributed by atoms with van der Waals surface area (Å²) in [7, 11) is 1.54. The van der Waals surface area contributed by atoms with E-state index in [1.807, 2.05) is 20.8 Å². The fraction of sp³-hybridized carbons (Fsp3) is 0.917. The van der Waals surface area contributed by atoms with Crippen LogP contribution < -0.4 is 5.32 Å². The second-order valence-electron chi connectivity index (χ2n) is 11.1. The first-order valence-corrected chi connectivity index (χ1v) is 11.6. The van der Waals surface area contributed by atoms with Gasteiger partial charge in [0.2, 0.25) is 0 Å². The maximum atomic E-state index is 12.2. The third-order valence-electron chi connectivity index (χ3n) is 8.10. The third kappa shape index (κ3) is 5.56. The highest BCUT2D eigenvalue weighted by Gasteiger charge is 2.53. The van der Waals surface area contributed by atoms with E-state index in [2.05, 4.69) is 19.2 Å². The zero-order chi connectivity index (χ0) is 22.7. The molecule has 3 aliphatic carbocycles. The Morgan fingerprint density at radius 2 is 1.80 bits per heavy atom. The van der Waals surface area contributed by atoms with Crippen LogP contribution in [0.15, 0.2) is 0 Å².